The van der Waals surface area contributed by atoms with E-state index in [0.29, 0.717) is 34.2 Å². The summed E-state index contributed by atoms with van der Waals surface area (Å²) < 4.78 is 21.4. The minimum atomic E-state index is -0.384. The molecule has 0 fully saturated rings. The van der Waals surface area contributed by atoms with E-state index in [0.717, 1.165) is 11.1 Å². The van der Waals surface area contributed by atoms with E-state index in [9.17, 15) is 9.90 Å². The molecule has 0 aliphatic rings. The largest absolute Gasteiger partial charge is 0.504 e. The number of nitrogens with one attached hydrogen (secondary N) is 1. The van der Waals surface area contributed by atoms with E-state index in [2.05, 4.69) is 5.32 Å². The van der Waals surface area contributed by atoms with Crippen LogP contribution in [-0.2, 0) is 4.79 Å². The lowest BCUT2D eigenvalue weighted by Crippen LogP contribution is -2.09. The number of ether oxygens (including phenoxy) is 4. The Balaban J connectivity index is 1.86. The molecular formula is C27H28N2O6. The molecular weight excluding hydrogens is 448 g/mol. The van der Waals surface area contributed by atoms with Crippen molar-refractivity contribution in [3.05, 3.63) is 71.3 Å². The first kappa shape index (κ1) is 25.0. The number of hydrogen-bond acceptors (Lipinski definition) is 7. The molecule has 0 saturated carbocycles. The van der Waals surface area contributed by atoms with Gasteiger partial charge in [-0.15, -0.1) is 0 Å². The van der Waals surface area contributed by atoms with Crippen LogP contribution in [-0.4, -0.2) is 39.5 Å². The number of aromatic hydroxyl groups is 1. The van der Waals surface area contributed by atoms with Gasteiger partial charge in [0.25, 0.3) is 0 Å². The van der Waals surface area contributed by atoms with E-state index >= 15 is 0 Å². The van der Waals surface area contributed by atoms with E-state index in [1.165, 1.54) is 26.4 Å². The van der Waals surface area contributed by atoms with Gasteiger partial charge in [-0.1, -0.05) is 24.3 Å². The Kier molecular flexibility index (Phi) is 8.24. The highest BCUT2D eigenvalue weighted by molar-refractivity contribution is 6.03. The van der Waals surface area contributed by atoms with Crippen LogP contribution in [0.5, 0.6) is 28.7 Å². The van der Waals surface area contributed by atoms with Crippen molar-refractivity contribution >= 4 is 35.5 Å². The van der Waals surface area contributed by atoms with Crippen LogP contribution >= 0.6 is 0 Å². The number of rotatable bonds is 9. The lowest BCUT2D eigenvalue weighted by molar-refractivity contribution is -0.111. The van der Waals surface area contributed by atoms with E-state index < -0.39 is 0 Å². The van der Waals surface area contributed by atoms with Crippen LogP contribution in [0.25, 0.3) is 18.2 Å². The maximum atomic E-state index is 12.5. The molecule has 0 aliphatic carbocycles. The summed E-state index contributed by atoms with van der Waals surface area (Å²) in [6, 6.07) is 13.9. The highest BCUT2D eigenvalue weighted by Gasteiger charge is 2.14. The summed E-state index contributed by atoms with van der Waals surface area (Å²) in [6.45, 7) is 0. The van der Waals surface area contributed by atoms with E-state index in [4.69, 9.17) is 24.7 Å². The van der Waals surface area contributed by atoms with Gasteiger partial charge in [0.2, 0.25) is 11.7 Å². The Labute approximate surface area is 204 Å². The van der Waals surface area contributed by atoms with Crippen LogP contribution in [0.15, 0.2) is 54.6 Å². The molecule has 8 nitrogen and oxygen atoms in total. The second-order valence-corrected chi connectivity index (χ2v) is 7.40. The summed E-state index contributed by atoms with van der Waals surface area (Å²) in [5, 5.41) is 13.2. The first-order valence-electron chi connectivity index (χ1n) is 10.6. The number of nitrogen functional groups attached to an aromatic ring is 1. The summed E-state index contributed by atoms with van der Waals surface area (Å²) in [7, 11) is 6.04. The van der Waals surface area contributed by atoms with Crippen molar-refractivity contribution in [1.29, 1.82) is 0 Å². The van der Waals surface area contributed by atoms with Crippen molar-refractivity contribution in [2.75, 3.05) is 39.5 Å². The molecule has 35 heavy (non-hydrogen) atoms. The topological polar surface area (TPSA) is 112 Å². The summed E-state index contributed by atoms with van der Waals surface area (Å²) in [5.74, 6) is 1.19. The molecule has 3 aromatic carbocycles. The fraction of sp³-hybridized carbons (Fsp3) is 0.148. The zero-order chi connectivity index (χ0) is 25.4. The van der Waals surface area contributed by atoms with Crippen molar-refractivity contribution < 1.29 is 28.8 Å². The molecule has 0 bridgehead atoms. The summed E-state index contributed by atoms with van der Waals surface area (Å²) in [5.41, 5.74) is 8.89. The van der Waals surface area contributed by atoms with Crippen LogP contribution in [0.2, 0.25) is 0 Å². The summed E-state index contributed by atoms with van der Waals surface area (Å²) in [4.78, 5) is 12.5. The van der Waals surface area contributed by atoms with Crippen LogP contribution in [0, 0.1) is 0 Å². The number of carbonyl (C=O) groups is 1. The molecule has 0 aliphatic heterocycles. The molecule has 0 unspecified atom stereocenters. The monoisotopic (exact) mass is 476 g/mol. The first-order chi connectivity index (χ1) is 16.9. The standard InChI is InChI=1S/C27H28N2O6/c1-32-23-15-19(16-24(33-2)27(23)35-4)6-5-18-13-21(26(34-3)22(30)14-18)29-25(31)12-9-17-7-10-20(28)11-8-17/h5-16,30H,28H2,1-4H3,(H,29,31)/b6-5?,12-9+. The zero-order valence-electron chi connectivity index (χ0n) is 20.0. The van der Waals surface area contributed by atoms with Crippen LogP contribution in [0.4, 0.5) is 11.4 Å². The van der Waals surface area contributed by atoms with Gasteiger partial charge in [0, 0.05) is 11.8 Å². The van der Waals surface area contributed by atoms with Crippen LogP contribution in [0.1, 0.15) is 16.7 Å². The van der Waals surface area contributed by atoms with E-state index in [-0.39, 0.29) is 17.4 Å². The van der Waals surface area contributed by atoms with Gasteiger partial charge in [0.15, 0.2) is 23.0 Å². The molecule has 4 N–H and O–H groups in total. The smallest absolute Gasteiger partial charge is 0.248 e. The van der Waals surface area contributed by atoms with E-state index in [1.807, 2.05) is 6.08 Å². The van der Waals surface area contributed by atoms with Gasteiger partial charge < -0.3 is 35.1 Å². The average molecular weight is 477 g/mol. The molecule has 0 atom stereocenters. The second-order valence-electron chi connectivity index (χ2n) is 7.40. The van der Waals surface area contributed by atoms with Crippen LogP contribution in [0.3, 0.4) is 0 Å². The Morgan fingerprint density at radius 3 is 1.89 bits per heavy atom. The highest BCUT2D eigenvalue weighted by atomic mass is 16.5. The number of hydrogen-bond donors (Lipinski definition) is 3. The zero-order valence-corrected chi connectivity index (χ0v) is 20.0. The Morgan fingerprint density at radius 2 is 1.34 bits per heavy atom. The van der Waals surface area contributed by atoms with Gasteiger partial charge >= 0.3 is 0 Å². The minimum Gasteiger partial charge on any atom is -0.504 e. The Bertz CT molecular complexity index is 1220. The average Bonchev–Trinajstić information content (AvgIpc) is 2.86. The van der Waals surface area contributed by atoms with Crippen molar-refractivity contribution in [1.82, 2.24) is 0 Å². The molecule has 0 spiro atoms. The van der Waals surface area contributed by atoms with Crippen molar-refractivity contribution in [2.24, 2.45) is 0 Å². The molecule has 0 radical (unpaired) electrons. The predicted octanol–water partition coefficient (Wildman–Crippen LogP) is 4.83. The van der Waals surface area contributed by atoms with Gasteiger partial charge in [-0.3, -0.25) is 4.79 Å². The number of phenolic OH excluding ortho intramolecular Hbond substituents is 1. The van der Waals surface area contributed by atoms with Crippen molar-refractivity contribution in [2.45, 2.75) is 0 Å². The predicted molar refractivity (Wildman–Crippen MR) is 138 cm³/mol. The molecule has 3 aromatic rings. The number of carbonyl (C=O) groups excluding carboxylic acids is 1. The second kappa shape index (κ2) is 11.5. The molecule has 3 rings (SSSR count). The Morgan fingerprint density at radius 1 is 0.771 bits per heavy atom. The molecule has 8 heteroatoms. The number of phenols is 1. The van der Waals surface area contributed by atoms with Crippen molar-refractivity contribution in [3.63, 3.8) is 0 Å². The minimum absolute atomic E-state index is 0.114. The van der Waals surface area contributed by atoms with Crippen LogP contribution < -0.4 is 30.0 Å². The SMILES string of the molecule is COc1cc(C=Cc2cc(O)c(OC)c(NC(=O)/C=C/c3ccc(N)cc3)c2)cc(OC)c1OC. The molecule has 1 amide bonds. The Hall–Kier alpha value is -4.59. The molecule has 0 saturated heterocycles. The third-order valence-corrected chi connectivity index (χ3v) is 5.07. The normalized spacial score (nSPS) is 11.0. The van der Waals surface area contributed by atoms with Gasteiger partial charge in [0.1, 0.15) is 0 Å². The fourth-order valence-electron chi connectivity index (χ4n) is 3.38. The lowest BCUT2D eigenvalue weighted by atomic mass is 10.1. The van der Waals surface area contributed by atoms with Gasteiger partial charge in [0.05, 0.1) is 34.1 Å². The van der Waals surface area contributed by atoms with E-state index in [1.54, 1.807) is 68.8 Å². The third kappa shape index (κ3) is 6.26. The molecule has 182 valence electrons. The van der Waals surface area contributed by atoms with Gasteiger partial charge in [-0.25, -0.2) is 0 Å². The maximum absolute atomic E-state index is 12.5. The molecule has 0 heterocycles. The van der Waals surface area contributed by atoms with Gasteiger partial charge in [-0.05, 0) is 59.2 Å². The number of benzene rings is 3. The number of anilines is 2. The van der Waals surface area contributed by atoms with Gasteiger partial charge in [-0.2, -0.15) is 0 Å². The number of methoxy groups -OCH3 is 4. The summed E-state index contributed by atoms with van der Waals surface area (Å²) in [6.07, 6.45) is 6.65. The highest BCUT2D eigenvalue weighted by Crippen LogP contribution is 2.39. The number of nitrogens with two attached hydrogens (primary N) is 1. The third-order valence-electron chi connectivity index (χ3n) is 5.07. The van der Waals surface area contributed by atoms with Crippen molar-refractivity contribution in [3.8, 4) is 28.7 Å². The lowest BCUT2D eigenvalue weighted by Gasteiger charge is -2.13. The fourth-order valence-corrected chi connectivity index (χ4v) is 3.38. The quantitative estimate of drug-likeness (QED) is 0.230. The molecule has 0 aromatic heterocycles. The first-order valence-corrected chi connectivity index (χ1v) is 10.6. The number of amides is 1. The maximum Gasteiger partial charge on any atom is 0.248 e. The summed E-state index contributed by atoms with van der Waals surface area (Å²) >= 11 is 0.